The number of benzene rings is 4. The molecule has 0 amide bonds. The molecule has 5 heteroatoms. The van der Waals surface area contributed by atoms with Crippen molar-refractivity contribution in [3.05, 3.63) is 130 Å². The molecule has 185 valence electrons. The summed E-state index contributed by atoms with van der Waals surface area (Å²) < 4.78 is 0. The molecule has 4 aromatic rings. The molecule has 6 rings (SSSR count). The molecular formula is C31H28ClCuN3. The van der Waals surface area contributed by atoms with E-state index in [0.717, 1.165) is 17.1 Å². The van der Waals surface area contributed by atoms with Crippen molar-refractivity contribution in [1.29, 1.82) is 0 Å². The van der Waals surface area contributed by atoms with Crippen LogP contribution in [0.3, 0.4) is 0 Å². The number of halogens is 1. The molecule has 0 aromatic heterocycles. The van der Waals surface area contributed by atoms with Gasteiger partial charge in [0.05, 0.1) is 0 Å². The Morgan fingerprint density at radius 3 is 1.92 bits per heavy atom. The van der Waals surface area contributed by atoms with Crippen LogP contribution in [0.2, 0.25) is 0 Å². The van der Waals surface area contributed by atoms with E-state index in [4.69, 9.17) is 21.0 Å². The first-order chi connectivity index (χ1) is 17.0. The van der Waals surface area contributed by atoms with Crippen LogP contribution in [0.4, 0.5) is 11.4 Å². The maximum Gasteiger partial charge on any atom is -1.00 e. The number of amidine groups is 1. The van der Waals surface area contributed by atoms with E-state index in [1.165, 1.54) is 33.5 Å². The minimum atomic E-state index is -0.338. The van der Waals surface area contributed by atoms with E-state index in [0.29, 0.717) is 0 Å². The van der Waals surface area contributed by atoms with Gasteiger partial charge in [0, 0.05) is 0 Å². The van der Waals surface area contributed by atoms with E-state index in [-0.39, 0.29) is 29.6 Å². The second kappa shape index (κ2) is 9.78. The molecule has 36 heavy (non-hydrogen) atoms. The third-order valence-electron chi connectivity index (χ3n) is 7.07. The smallest absolute Gasteiger partial charge is 1.00 e. The predicted octanol–water partition coefficient (Wildman–Crippen LogP) is 4.14. The molecule has 0 N–H and O–H groups in total. The zero-order chi connectivity index (χ0) is 24.1. The van der Waals surface area contributed by atoms with E-state index in [1.807, 2.05) is 0 Å². The molecule has 4 aromatic carbocycles. The Hall–Kier alpha value is -3.04. The first kappa shape index (κ1) is 24.6. The van der Waals surface area contributed by atoms with Crippen LogP contribution >= 0.6 is 0 Å². The summed E-state index contributed by atoms with van der Waals surface area (Å²) in [6, 6.07) is 34.3. The summed E-state index contributed by atoms with van der Waals surface area (Å²) in [6.45, 7) is 6.53. The molecule has 3 nitrogen and oxygen atoms in total. The topological polar surface area (TPSA) is 18.8 Å². The van der Waals surface area contributed by atoms with Gasteiger partial charge in [0.1, 0.15) is 0 Å². The van der Waals surface area contributed by atoms with Crippen LogP contribution in [0.25, 0.3) is 0 Å². The largest absolute Gasteiger partial charge is 1.00 e. The molecule has 0 aliphatic carbocycles. The molecule has 2 heterocycles. The number of para-hydroxylation sites is 1. The van der Waals surface area contributed by atoms with Gasteiger partial charge in [-0.05, 0) is 0 Å². The minimum absolute atomic E-state index is 0. The number of rotatable bonds is 3. The Bertz CT molecular complexity index is 1400. The van der Waals surface area contributed by atoms with Crippen LogP contribution in [0.15, 0.2) is 102 Å². The van der Waals surface area contributed by atoms with Crippen molar-refractivity contribution in [2.45, 2.75) is 37.9 Å². The first-order valence-electron chi connectivity index (χ1n) is 12.1. The summed E-state index contributed by atoms with van der Waals surface area (Å²) in [5, 5.41) is -0.338. The van der Waals surface area contributed by atoms with E-state index in [9.17, 15) is 0 Å². The number of hydrogen-bond acceptors (Lipinski definition) is 3. The predicted molar refractivity (Wildman–Crippen MR) is 140 cm³/mol. The maximum absolute atomic E-state index is 6.61. The summed E-state index contributed by atoms with van der Waals surface area (Å²) in [6.07, 6.45) is 0. The molecule has 0 spiro atoms. The fourth-order valence-corrected chi connectivity index (χ4v) is 6.26. The van der Waals surface area contributed by atoms with Crippen LogP contribution in [0.5, 0.6) is 0 Å². The molecule has 1 unspecified atom stereocenters. The fourth-order valence-electron chi connectivity index (χ4n) is 5.74. The average molecular weight is 542 g/mol. The van der Waals surface area contributed by atoms with Crippen molar-refractivity contribution in [2.75, 3.05) is 4.90 Å². The molecule has 2 aliphatic rings. The summed E-state index contributed by atoms with van der Waals surface area (Å²) >= 11 is 6.61. The van der Waals surface area contributed by atoms with Gasteiger partial charge in [-0.15, -0.1) is 0 Å². The summed E-state index contributed by atoms with van der Waals surface area (Å²) in [7, 11) is 0. The zero-order valence-corrected chi connectivity index (χ0v) is 22.2. The van der Waals surface area contributed by atoms with Gasteiger partial charge in [-0.2, -0.15) is 0 Å². The molecule has 0 bridgehead atoms. The van der Waals surface area contributed by atoms with E-state index in [2.05, 4.69) is 128 Å². The zero-order valence-electron chi connectivity index (χ0n) is 20.5. The van der Waals surface area contributed by atoms with Crippen molar-refractivity contribution in [3.63, 3.8) is 0 Å². The van der Waals surface area contributed by atoms with Crippen molar-refractivity contribution in [2.24, 2.45) is 4.99 Å². The van der Waals surface area contributed by atoms with Gasteiger partial charge in [0.15, 0.2) is 0 Å². The second-order valence-electron chi connectivity index (χ2n) is 9.48. The van der Waals surface area contributed by atoms with Crippen LogP contribution in [-0.2, 0) is 16.0 Å². The van der Waals surface area contributed by atoms with Crippen LogP contribution in [-0.4, -0.2) is 15.8 Å². The number of aryl methyl sites for hydroxylation is 3. The summed E-state index contributed by atoms with van der Waals surface area (Å²) in [5.74, 6) is 0.983. The van der Waals surface area contributed by atoms with E-state index in [1.54, 1.807) is 0 Å². The second-order valence-corrected chi connectivity index (χ2v) is 9.96. The van der Waals surface area contributed by atoms with Crippen molar-refractivity contribution in [1.82, 2.24) is 4.90 Å². The Morgan fingerprint density at radius 2 is 1.28 bits per heavy atom. The van der Waals surface area contributed by atoms with E-state index < -0.39 is 0 Å². The third kappa shape index (κ3) is 3.94. The van der Waals surface area contributed by atoms with Crippen molar-refractivity contribution in [3.8, 4) is 0 Å². The Morgan fingerprint density at radius 1 is 0.722 bits per heavy atom. The van der Waals surface area contributed by atoms with Crippen LogP contribution < -0.4 is 17.3 Å². The van der Waals surface area contributed by atoms with Gasteiger partial charge in [-0.3, -0.25) is 0 Å². The van der Waals surface area contributed by atoms with Gasteiger partial charge < -0.3 is 12.4 Å². The van der Waals surface area contributed by atoms with Crippen molar-refractivity contribution < 1.29 is 28.4 Å². The summed E-state index contributed by atoms with van der Waals surface area (Å²) in [4.78, 5) is 10.1. The van der Waals surface area contributed by atoms with Gasteiger partial charge in [-0.1, -0.05) is 0 Å². The molecule has 2 aliphatic heterocycles. The number of anilines is 2. The van der Waals surface area contributed by atoms with Crippen molar-refractivity contribution >= 4 is 17.2 Å². The van der Waals surface area contributed by atoms with Gasteiger partial charge in [0.25, 0.3) is 0 Å². The number of nitrogens with zero attached hydrogens (tertiary/aromatic N) is 3. The molecule has 0 saturated carbocycles. The molecule has 0 saturated heterocycles. The Kier molecular flexibility index (Phi) is 6.70. The molecule has 0 radical (unpaired) electrons. The SMILES string of the molecule is Cc1cc(C)c(N2c3ccccc3C3=N[C@@H](c4ccccc4)[C@H](c4ccccc4)N3[CH]2[Cu+])c(C)c1.[Cl-]. The number of fused-ring (bicyclic) bond motifs is 3. The monoisotopic (exact) mass is 540 g/mol. The van der Waals surface area contributed by atoms with Gasteiger partial charge >= 0.3 is 216 Å². The van der Waals surface area contributed by atoms with E-state index >= 15 is 0 Å². The van der Waals surface area contributed by atoms with Crippen LogP contribution in [0, 0.1) is 20.8 Å². The number of aliphatic imine (C=N–C) groups is 1. The Labute approximate surface area is 228 Å². The van der Waals surface area contributed by atoms with Crippen LogP contribution in [0.1, 0.15) is 45.5 Å². The van der Waals surface area contributed by atoms with Gasteiger partial charge in [0.2, 0.25) is 0 Å². The standard InChI is InChI=1S/C31H28N3.ClH.Cu/c1-21-18-22(2)29(23(3)19-21)33-20-34-30(25-14-8-5-9-15-25)28(24-12-6-4-7-13-24)32-31(34)26-16-10-11-17-27(26)33;;/h4-20,28,30H,1-3H3;1H;/q;;+1/p-1/t28-,30-;;/m0../s1. The normalized spacial score (nSPS) is 20.4. The molecule has 3 atom stereocenters. The summed E-state index contributed by atoms with van der Waals surface area (Å²) in [5.41, 5.74) is 9.60. The molecular weight excluding hydrogens is 513 g/mol. The minimum Gasteiger partial charge on any atom is -1.00 e. The maximum atomic E-state index is 6.61. The fraction of sp³-hybridized carbons (Fsp3) is 0.194. The van der Waals surface area contributed by atoms with Gasteiger partial charge in [-0.25, -0.2) is 0 Å². The Balaban J connectivity index is 0.00000267. The average Bonchev–Trinajstić information content (AvgIpc) is 3.28. The first-order valence-corrected chi connectivity index (χ1v) is 12.6. The number of hydrogen-bond donors (Lipinski definition) is 0. The quantitative estimate of drug-likeness (QED) is 0.363. The molecule has 0 fully saturated rings. The third-order valence-corrected chi connectivity index (χ3v) is 7.57.